The van der Waals surface area contributed by atoms with Crippen LogP contribution in [-0.4, -0.2) is 19.3 Å². The number of hydrogen-bond donors (Lipinski definition) is 2. The average Bonchev–Trinajstić information content (AvgIpc) is 2.29. The molecule has 2 N–H and O–H groups in total. The number of aryl methyl sites for hydroxylation is 1. The summed E-state index contributed by atoms with van der Waals surface area (Å²) in [5, 5.41) is 10.5. The molecule has 1 rings (SSSR count). The van der Waals surface area contributed by atoms with E-state index in [1.165, 1.54) is 14.2 Å². The van der Waals surface area contributed by atoms with Crippen molar-refractivity contribution in [3.05, 3.63) is 22.2 Å². The Kier molecular flexibility index (Phi) is 4.86. The summed E-state index contributed by atoms with van der Waals surface area (Å²) in [5.41, 5.74) is 4.17. The maximum absolute atomic E-state index is 9.91. The van der Waals surface area contributed by atoms with E-state index in [2.05, 4.69) is 5.48 Å². The van der Waals surface area contributed by atoms with Gasteiger partial charge in [-0.2, -0.15) is 5.48 Å². The number of phenols is 1. The van der Waals surface area contributed by atoms with Gasteiger partial charge in [0.1, 0.15) is 0 Å². The van der Waals surface area contributed by atoms with Crippen molar-refractivity contribution in [1.82, 2.24) is 5.48 Å². The first-order valence-corrected chi connectivity index (χ1v) is 5.36. The van der Waals surface area contributed by atoms with Crippen LogP contribution in [-0.2, 0) is 17.8 Å². The monoisotopic (exact) mass is 245 g/mol. The van der Waals surface area contributed by atoms with Crippen molar-refractivity contribution < 1.29 is 14.7 Å². The van der Waals surface area contributed by atoms with E-state index >= 15 is 0 Å². The molecule has 5 heteroatoms. The molecule has 0 spiro atoms. The highest BCUT2D eigenvalue weighted by Crippen LogP contribution is 2.37. The molecule has 0 bridgehead atoms. The molecule has 16 heavy (non-hydrogen) atoms. The van der Waals surface area contributed by atoms with Crippen LogP contribution in [0.15, 0.2) is 6.07 Å². The van der Waals surface area contributed by atoms with Crippen LogP contribution in [0.3, 0.4) is 0 Å². The minimum Gasteiger partial charge on any atom is -0.504 e. The fourth-order valence-electron chi connectivity index (χ4n) is 1.45. The Morgan fingerprint density at radius 2 is 2.12 bits per heavy atom. The highest BCUT2D eigenvalue weighted by atomic mass is 35.5. The second-order valence-electron chi connectivity index (χ2n) is 3.26. The Morgan fingerprint density at radius 3 is 2.62 bits per heavy atom. The van der Waals surface area contributed by atoms with Gasteiger partial charge in [-0.3, -0.25) is 0 Å². The van der Waals surface area contributed by atoms with Gasteiger partial charge < -0.3 is 14.7 Å². The van der Waals surface area contributed by atoms with Crippen LogP contribution in [0.4, 0.5) is 0 Å². The van der Waals surface area contributed by atoms with E-state index in [-0.39, 0.29) is 5.75 Å². The third-order valence-corrected chi connectivity index (χ3v) is 2.84. The van der Waals surface area contributed by atoms with E-state index in [1.807, 2.05) is 6.92 Å². The van der Waals surface area contributed by atoms with E-state index in [0.717, 1.165) is 12.0 Å². The molecule has 1 aromatic carbocycles. The summed E-state index contributed by atoms with van der Waals surface area (Å²) in [6.45, 7) is 2.32. The number of rotatable bonds is 5. The number of aromatic hydroxyl groups is 1. The summed E-state index contributed by atoms with van der Waals surface area (Å²) < 4.78 is 5.09. The van der Waals surface area contributed by atoms with E-state index in [4.69, 9.17) is 21.2 Å². The predicted molar refractivity (Wildman–Crippen MR) is 62.9 cm³/mol. The highest BCUT2D eigenvalue weighted by Gasteiger charge is 2.15. The SMILES string of the molecule is CCc1cc(OC)c(O)c(CNOC)c1Cl. The minimum atomic E-state index is 0.0502. The van der Waals surface area contributed by atoms with Crippen molar-refractivity contribution in [1.29, 1.82) is 0 Å². The molecule has 0 amide bonds. The third kappa shape index (κ3) is 2.58. The third-order valence-electron chi connectivity index (χ3n) is 2.37. The molecule has 0 aliphatic rings. The normalized spacial score (nSPS) is 10.5. The van der Waals surface area contributed by atoms with Crippen LogP contribution >= 0.6 is 11.6 Å². The van der Waals surface area contributed by atoms with Crippen molar-refractivity contribution in [2.75, 3.05) is 14.2 Å². The van der Waals surface area contributed by atoms with Crippen molar-refractivity contribution in [2.24, 2.45) is 0 Å². The Morgan fingerprint density at radius 1 is 1.44 bits per heavy atom. The molecule has 0 unspecified atom stereocenters. The van der Waals surface area contributed by atoms with Crippen LogP contribution in [0, 0.1) is 0 Å². The second kappa shape index (κ2) is 5.94. The number of hydroxylamine groups is 1. The van der Waals surface area contributed by atoms with Crippen molar-refractivity contribution >= 4 is 11.6 Å². The van der Waals surface area contributed by atoms with Gasteiger partial charge in [0.05, 0.1) is 25.8 Å². The lowest BCUT2D eigenvalue weighted by atomic mass is 10.1. The van der Waals surface area contributed by atoms with Crippen molar-refractivity contribution in [2.45, 2.75) is 19.9 Å². The molecule has 4 nitrogen and oxygen atoms in total. The summed E-state index contributed by atoms with van der Waals surface area (Å²) in [6, 6.07) is 1.74. The summed E-state index contributed by atoms with van der Waals surface area (Å²) in [4.78, 5) is 4.74. The van der Waals surface area contributed by atoms with Gasteiger partial charge in [-0.05, 0) is 18.1 Å². The van der Waals surface area contributed by atoms with Gasteiger partial charge in [0.15, 0.2) is 11.5 Å². The maximum atomic E-state index is 9.91. The average molecular weight is 246 g/mol. The summed E-state index contributed by atoms with van der Waals surface area (Å²) in [6.07, 6.45) is 0.773. The first-order chi connectivity index (χ1) is 7.65. The molecule has 0 aliphatic carbocycles. The molecule has 0 heterocycles. The topological polar surface area (TPSA) is 50.7 Å². The second-order valence-corrected chi connectivity index (χ2v) is 3.64. The number of phenolic OH excluding ortho intramolecular Hbond substituents is 1. The predicted octanol–water partition coefficient (Wildman–Crippen LogP) is 2.27. The van der Waals surface area contributed by atoms with Gasteiger partial charge in [-0.1, -0.05) is 18.5 Å². The quantitative estimate of drug-likeness (QED) is 0.782. The molecular formula is C11H16ClNO3. The lowest BCUT2D eigenvalue weighted by Crippen LogP contribution is -2.12. The zero-order valence-corrected chi connectivity index (χ0v) is 10.4. The highest BCUT2D eigenvalue weighted by molar-refractivity contribution is 6.32. The Balaban J connectivity index is 3.20. The Hall–Kier alpha value is -0.970. The van der Waals surface area contributed by atoms with E-state index in [0.29, 0.717) is 22.9 Å². The number of methoxy groups -OCH3 is 1. The smallest absolute Gasteiger partial charge is 0.163 e. The van der Waals surface area contributed by atoms with Crippen LogP contribution in [0.5, 0.6) is 11.5 Å². The van der Waals surface area contributed by atoms with Crippen LogP contribution in [0.1, 0.15) is 18.1 Å². The van der Waals surface area contributed by atoms with Crippen LogP contribution < -0.4 is 10.2 Å². The van der Waals surface area contributed by atoms with E-state index in [9.17, 15) is 5.11 Å². The van der Waals surface area contributed by atoms with Crippen molar-refractivity contribution in [3.63, 3.8) is 0 Å². The Labute approximate surface area is 100 Å². The first kappa shape index (κ1) is 13.1. The van der Waals surface area contributed by atoms with Crippen molar-refractivity contribution in [3.8, 4) is 11.5 Å². The molecule has 0 atom stereocenters. The minimum absolute atomic E-state index is 0.0502. The zero-order valence-electron chi connectivity index (χ0n) is 9.63. The number of benzene rings is 1. The summed E-state index contributed by atoms with van der Waals surface area (Å²) in [5.74, 6) is 0.475. The fourth-order valence-corrected chi connectivity index (χ4v) is 1.80. The van der Waals surface area contributed by atoms with Crippen LogP contribution in [0.2, 0.25) is 5.02 Å². The van der Waals surface area contributed by atoms with Gasteiger partial charge >= 0.3 is 0 Å². The number of ether oxygens (including phenoxy) is 1. The molecule has 0 aromatic heterocycles. The first-order valence-electron chi connectivity index (χ1n) is 4.98. The van der Waals surface area contributed by atoms with E-state index in [1.54, 1.807) is 6.07 Å². The van der Waals surface area contributed by atoms with Crippen LogP contribution in [0.25, 0.3) is 0 Å². The maximum Gasteiger partial charge on any atom is 0.163 e. The summed E-state index contributed by atoms with van der Waals surface area (Å²) >= 11 is 6.17. The number of halogens is 1. The largest absolute Gasteiger partial charge is 0.504 e. The van der Waals surface area contributed by atoms with Gasteiger partial charge in [-0.15, -0.1) is 0 Å². The number of hydrogen-bond acceptors (Lipinski definition) is 4. The zero-order chi connectivity index (χ0) is 12.1. The number of nitrogens with one attached hydrogen (secondary N) is 1. The van der Waals surface area contributed by atoms with Gasteiger partial charge in [0, 0.05) is 5.56 Å². The lowest BCUT2D eigenvalue weighted by molar-refractivity contribution is 0.0860. The molecule has 1 aromatic rings. The molecular weight excluding hydrogens is 230 g/mol. The molecule has 0 fully saturated rings. The molecule has 0 saturated heterocycles. The molecule has 0 radical (unpaired) electrons. The summed E-state index contributed by atoms with van der Waals surface area (Å²) in [7, 11) is 3.02. The molecule has 0 aliphatic heterocycles. The van der Waals surface area contributed by atoms with Gasteiger partial charge in [0.2, 0.25) is 0 Å². The van der Waals surface area contributed by atoms with Gasteiger partial charge in [0.25, 0.3) is 0 Å². The molecule has 90 valence electrons. The van der Waals surface area contributed by atoms with Gasteiger partial charge in [-0.25, -0.2) is 0 Å². The fraction of sp³-hybridized carbons (Fsp3) is 0.455. The molecule has 0 saturated carbocycles. The van der Waals surface area contributed by atoms with E-state index < -0.39 is 0 Å². The lowest BCUT2D eigenvalue weighted by Gasteiger charge is -2.14. The Bertz CT molecular complexity index is 340. The standard InChI is InChI=1S/C11H16ClNO3/c1-4-7-5-9(15-2)11(14)8(10(7)12)6-13-16-3/h5,13-14H,4,6H2,1-3H3.